The molecular formula is C28H24N2O9S. The molecule has 4 aromatic rings. The third kappa shape index (κ3) is 4.44. The lowest BCUT2D eigenvalue weighted by atomic mass is 10.1. The molecule has 0 spiro atoms. The summed E-state index contributed by atoms with van der Waals surface area (Å²) in [4.78, 5) is 16.1. The number of sulfonamides is 1. The highest BCUT2D eigenvalue weighted by Crippen LogP contribution is 2.37. The first-order valence-electron chi connectivity index (χ1n) is 12.7. The van der Waals surface area contributed by atoms with E-state index < -0.39 is 15.6 Å². The van der Waals surface area contributed by atoms with Crippen LogP contribution < -0.4 is 34.0 Å². The van der Waals surface area contributed by atoms with Crippen LogP contribution in [0.25, 0.3) is 10.9 Å². The topological polar surface area (TPSA) is 126 Å². The molecule has 40 heavy (non-hydrogen) atoms. The molecule has 206 valence electrons. The Labute approximate surface area is 228 Å². The average molecular weight is 565 g/mol. The summed E-state index contributed by atoms with van der Waals surface area (Å²) in [6.07, 6.45) is 0. The summed E-state index contributed by atoms with van der Waals surface area (Å²) in [5.74, 6) is 3.07. The number of hydrogen-bond donors (Lipinski definition) is 1. The van der Waals surface area contributed by atoms with Crippen LogP contribution in [0.5, 0.6) is 34.5 Å². The fourth-order valence-corrected chi connectivity index (χ4v) is 6.32. The van der Waals surface area contributed by atoms with Crippen LogP contribution in [0.4, 0.5) is 0 Å². The quantitative estimate of drug-likeness (QED) is 0.376. The van der Waals surface area contributed by atoms with Crippen LogP contribution >= 0.6 is 0 Å². The number of fused-ring (bicyclic) bond motifs is 4. The highest BCUT2D eigenvalue weighted by Gasteiger charge is 2.29. The zero-order valence-electron chi connectivity index (χ0n) is 21.2. The van der Waals surface area contributed by atoms with Gasteiger partial charge >= 0.3 is 0 Å². The van der Waals surface area contributed by atoms with Gasteiger partial charge in [0, 0.05) is 36.2 Å². The van der Waals surface area contributed by atoms with Gasteiger partial charge in [0.05, 0.1) is 10.4 Å². The second-order valence-electron chi connectivity index (χ2n) is 9.47. The molecule has 0 atom stereocenters. The highest BCUT2D eigenvalue weighted by molar-refractivity contribution is 7.89. The summed E-state index contributed by atoms with van der Waals surface area (Å²) in [6, 6.07) is 14.9. The van der Waals surface area contributed by atoms with E-state index >= 15 is 0 Å². The molecule has 0 aliphatic carbocycles. The van der Waals surface area contributed by atoms with Gasteiger partial charge < -0.3 is 33.4 Å². The first-order valence-corrected chi connectivity index (χ1v) is 14.1. The molecule has 0 bridgehead atoms. The molecular weight excluding hydrogens is 540 g/mol. The number of aromatic nitrogens is 1. The largest absolute Gasteiger partial charge is 0.486 e. The summed E-state index contributed by atoms with van der Waals surface area (Å²) >= 11 is 0. The molecule has 7 rings (SSSR count). The molecule has 0 radical (unpaired) electrons. The maximum atomic E-state index is 14.1. The van der Waals surface area contributed by atoms with E-state index in [2.05, 4.69) is 4.98 Å². The minimum atomic E-state index is -4.10. The number of rotatable bonds is 6. The van der Waals surface area contributed by atoms with Crippen molar-refractivity contribution in [3.63, 3.8) is 0 Å². The Morgan fingerprint density at radius 3 is 2.10 bits per heavy atom. The van der Waals surface area contributed by atoms with Crippen LogP contribution in [0.15, 0.2) is 64.3 Å². The van der Waals surface area contributed by atoms with Crippen molar-refractivity contribution in [2.45, 2.75) is 18.0 Å². The third-order valence-electron chi connectivity index (χ3n) is 6.88. The van der Waals surface area contributed by atoms with E-state index in [1.807, 2.05) is 0 Å². The first-order chi connectivity index (χ1) is 19.4. The van der Waals surface area contributed by atoms with Crippen molar-refractivity contribution in [3.05, 3.63) is 76.1 Å². The zero-order chi connectivity index (χ0) is 27.3. The minimum Gasteiger partial charge on any atom is -0.486 e. The number of hydrogen-bond acceptors (Lipinski definition) is 9. The molecule has 1 N–H and O–H groups in total. The summed E-state index contributed by atoms with van der Waals surface area (Å²) < 4.78 is 62.7. The standard InChI is InChI=1S/C28H24N2O9S/c31-28-19(10-18-11-25-27(13-21(18)29-28)37-8-7-35-25)15-30(14-17-1-3-23-24(9-17)39-16-38-23)40(32,33)20-2-4-22-26(12-20)36-6-5-34-22/h1-4,9-13H,5-8,14-16H2,(H,29,31). The summed E-state index contributed by atoms with van der Waals surface area (Å²) in [6.45, 7) is 1.45. The lowest BCUT2D eigenvalue weighted by Gasteiger charge is -2.24. The minimum absolute atomic E-state index is 0.0218. The van der Waals surface area contributed by atoms with Crippen molar-refractivity contribution < 1.29 is 36.8 Å². The lowest BCUT2D eigenvalue weighted by molar-refractivity contribution is 0.171. The highest BCUT2D eigenvalue weighted by atomic mass is 32.2. The number of ether oxygens (including phenoxy) is 6. The average Bonchev–Trinajstić information content (AvgIpc) is 3.44. The van der Waals surface area contributed by atoms with Crippen molar-refractivity contribution in [3.8, 4) is 34.5 Å². The Kier molecular flexibility index (Phi) is 5.93. The Hall–Kier alpha value is -4.42. The molecule has 3 aliphatic heterocycles. The van der Waals surface area contributed by atoms with Gasteiger partial charge in [-0.05, 0) is 42.0 Å². The number of nitrogens with zero attached hydrogens (tertiary/aromatic N) is 1. The SMILES string of the molecule is O=c1[nH]c2cc3c(cc2cc1CN(Cc1ccc2c(c1)OCO2)S(=O)(=O)c1ccc2c(c1)OCCO2)OCCO3. The summed E-state index contributed by atoms with van der Waals surface area (Å²) in [7, 11) is -4.10. The van der Waals surface area contributed by atoms with Gasteiger partial charge in [0.1, 0.15) is 26.4 Å². The molecule has 3 aliphatic rings. The van der Waals surface area contributed by atoms with E-state index in [1.54, 1.807) is 42.5 Å². The van der Waals surface area contributed by atoms with Gasteiger partial charge in [-0.1, -0.05) is 6.07 Å². The number of H-pyrrole nitrogens is 1. The second-order valence-corrected chi connectivity index (χ2v) is 11.4. The molecule has 0 amide bonds. The number of benzene rings is 3. The van der Waals surface area contributed by atoms with E-state index in [9.17, 15) is 13.2 Å². The van der Waals surface area contributed by atoms with E-state index in [0.29, 0.717) is 77.4 Å². The van der Waals surface area contributed by atoms with Gasteiger partial charge in [0.25, 0.3) is 5.56 Å². The van der Waals surface area contributed by atoms with E-state index in [1.165, 1.54) is 16.4 Å². The molecule has 0 saturated carbocycles. The number of pyridine rings is 1. The summed E-state index contributed by atoms with van der Waals surface area (Å²) in [5, 5.41) is 0.693. The van der Waals surface area contributed by atoms with E-state index in [4.69, 9.17) is 28.4 Å². The van der Waals surface area contributed by atoms with Crippen molar-refractivity contribution in [1.82, 2.24) is 9.29 Å². The van der Waals surface area contributed by atoms with E-state index in [0.717, 1.165) is 0 Å². The van der Waals surface area contributed by atoms with Crippen molar-refractivity contribution in [1.29, 1.82) is 0 Å². The fraction of sp³-hybridized carbons (Fsp3) is 0.250. The number of aromatic amines is 1. The third-order valence-corrected chi connectivity index (χ3v) is 8.67. The van der Waals surface area contributed by atoms with Crippen molar-refractivity contribution in [2.24, 2.45) is 0 Å². The Morgan fingerprint density at radius 1 is 0.675 bits per heavy atom. The normalized spacial score (nSPS) is 15.4. The van der Waals surface area contributed by atoms with Crippen LogP contribution in [0.1, 0.15) is 11.1 Å². The Morgan fingerprint density at radius 2 is 1.30 bits per heavy atom. The van der Waals surface area contributed by atoms with Gasteiger partial charge in [-0.3, -0.25) is 4.79 Å². The Bertz CT molecular complexity index is 1800. The summed E-state index contributed by atoms with van der Waals surface area (Å²) in [5.41, 5.74) is 1.10. The van der Waals surface area contributed by atoms with Gasteiger partial charge in [-0.25, -0.2) is 8.42 Å². The molecule has 0 saturated heterocycles. The van der Waals surface area contributed by atoms with Gasteiger partial charge in [-0.15, -0.1) is 0 Å². The molecule has 11 nitrogen and oxygen atoms in total. The molecule has 0 fully saturated rings. The molecule has 3 aromatic carbocycles. The first kappa shape index (κ1) is 24.6. The maximum Gasteiger partial charge on any atom is 0.252 e. The van der Waals surface area contributed by atoms with Crippen LogP contribution in [-0.2, 0) is 23.1 Å². The van der Waals surface area contributed by atoms with E-state index in [-0.39, 0.29) is 30.3 Å². The van der Waals surface area contributed by atoms with Gasteiger partial charge in [-0.2, -0.15) is 4.31 Å². The molecule has 4 heterocycles. The maximum absolute atomic E-state index is 14.1. The molecule has 0 unspecified atom stereocenters. The van der Waals surface area contributed by atoms with Crippen LogP contribution in [0.2, 0.25) is 0 Å². The molecule has 12 heteroatoms. The zero-order valence-corrected chi connectivity index (χ0v) is 22.0. The fourth-order valence-electron chi connectivity index (χ4n) is 4.90. The van der Waals surface area contributed by atoms with Crippen molar-refractivity contribution >= 4 is 20.9 Å². The van der Waals surface area contributed by atoms with Gasteiger partial charge in [0.15, 0.2) is 34.5 Å². The monoisotopic (exact) mass is 564 g/mol. The van der Waals surface area contributed by atoms with Crippen LogP contribution in [0, 0.1) is 0 Å². The van der Waals surface area contributed by atoms with Crippen molar-refractivity contribution in [2.75, 3.05) is 33.2 Å². The predicted octanol–water partition coefficient (Wildman–Crippen LogP) is 3.19. The second kappa shape index (κ2) is 9.65. The molecule has 1 aromatic heterocycles. The van der Waals surface area contributed by atoms with Gasteiger partial charge in [0.2, 0.25) is 16.8 Å². The Balaban J connectivity index is 1.28. The smallest absolute Gasteiger partial charge is 0.252 e. The predicted molar refractivity (Wildman–Crippen MR) is 142 cm³/mol. The number of nitrogens with one attached hydrogen (secondary N) is 1. The van der Waals surface area contributed by atoms with Crippen LogP contribution in [-0.4, -0.2) is 50.9 Å². The lowest BCUT2D eigenvalue weighted by Crippen LogP contribution is -2.32. The van der Waals surface area contributed by atoms with Crippen LogP contribution in [0.3, 0.4) is 0 Å².